The van der Waals surface area contributed by atoms with E-state index in [0.29, 0.717) is 5.41 Å². The summed E-state index contributed by atoms with van der Waals surface area (Å²) in [7, 11) is 3.90. The lowest BCUT2D eigenvalue weighted by Crippen LogP contribution is -2.41. The second-order valence-corrected chi connectivity index (χ2v) is 8.80. The number of methoxy groups -OCH3 is 1. The Balaban J connectivity index is 1.75. The lowest BCUT2D eigenvalue weighted by molar-refractivity contribution is -0.198. The van der Waals surface area contributed by atoms with Crippen molar-refractivity contribution in [2.75, 3.05) is 40.5 Å². The van der Waals surface area contributed by atoms with Crippen molar-refractivity contribution >= 4 is 0 Å². The maximum absolute atomic E-state index is 6.39. The molecule has 0 bridgehead atoms. The van der Waals surface area contributed by atoms with Crippen LogP contribution in [0.25, 0.3) is 0 Å². The Morgan fingerprint density at radius 1 is 1.21 bits per heavy atom. The van der Waals surface area contributed by atoms with Gasteiger partial charge in [0, 0.05) is 33.0 Å². The molecule has 4 heteroatoms. The van der Waals surface area contributed by atoms with Crippen LogP contribution in [0.1, 0.15) is 59.8 Å². The molecule has 0 aromatic rings. The molecule has 0 amide bonds. The van der Waals surface area contributed by atoms with Crippen molar-refractivity contribution < 1.29 is 14.2 Å². The molecule has 4 nitrogen and oxygen atoms in total. The molecule has 0 N–H and O–H groups in total. The van der Waals surface area contributed by atoms with Gasteiger partial charge in [-0.25, -0.2) is 0 Å². The SMILES string of the molecule is COCCN(C)CCC1COC2(CCC(C(C)(C)C(C)C)CC2)O1. The largest absolute Gasteiger partial charge is 0.383 e. The minimum Gasteiger partial charge on any atom is -0.383 e. The van der Waals surface area contributed by atoms with E-state index < -0.39 is 0 Å². The summed E-state index contributed by atoms with van der Waals surface area (Å²) in [6.07, 6.45) is 5.87. The number of rotatable bonds is 8. The van der Waals surface area contributed by atoms with Crippen LogP contribution in [-0.2, 0) is 14.2 Å². The fourth-order valence-corrected chi connectivity index (χ4v) is 4.02. The van der Waals surface area contributed by atoms with Gasteiger partial charge in [0.1, 0.15) is 0 Å². The van der Waals surface area contributed by atoms with Crippen LogP contribution in [-0.4, -0.2) is 57.3 Å². The van der Waals surface area contributed by atoms with Gasteiger partial charge < -0.3 is 19.1 Å². The molecule has 2 rings (SSSR count). The van der Waals surface area contributed by atoms with Gasteiger partial charge in [0.25, 0.3) is 0 Å². The summed E-state index contributed by atoms with van der Waals surface area (Å²) in [6, 6.07) is 0. The molecule has 24 heavy (non-hydrogen) atoms. The summed E-state index contributed by atoms with van der Waals surface area (Å²) in [6.45, 7) is 13.1. The minimum absolute atomic E-state index is 0.254. The van der Waals surface area contributed by atoms with Gasteiger partial charge in [0.05, 0.1) is 19.3 Å². The first kappa shape index (κ1) is 20.2. The molecule has 1 atom stereocenters. The molecule has 1 heterocycles. The van der Waals surface area contributed by atoms with Gasteiger partial charge in [-0.1, -0.05) is 27.7 Å². The quantitative estimate of drug-likeness (QED) is 0.669. The van der Waals surface area contributed by atoms with Crippen molar-refractivity contribution in [3.63, 3.8) is 0 Å². The number of likely N-dealkylation sites (N-methyl/N-ethyl adjacent to an activating group) is 1. The molecule has 1 unspecified atom stereocenters. The summed E-state index contributed by atoms with van der Waals surface area (Å²) in [5.74, 6) is 1.23. The molecule has 0 aromatic carbocycles. The topological polar surface area (TPSA) is 30.9 Å². The zero-order valence-electron chi connectivity index (χ0n) is 16.8. The molecule has 1 aliphatic heterocycles. The molecule has 1 saturated carbocycles. The first-order chi connectivity index (χ1) is 11.3. The third-order valence-electron chi connectivity index (χ3n) is 6.71. The maximum Gasteiger partial charge on any atom is 0.168 e. The van der Waals surface area contributed by atoms with Gasteiger partial charge >= 0.3 is 0 Å². The molecular formula is C20H39NO3. The van der Waals surface area contributed by atoms with Crippen molar-refractivity contribution in [2.24, 2.45) is 17.3 Å². The number of nitrogens with zero attached hydrogens (tertiary/aromatic N) is 1. The minimum atomic E-state index is -0.278. The highest BCUT2D eigenvalue weighted by Gasteiger charge is 2.46. The van der Waals surface area contributed by atoms with Gasteiger partial charge in [-0.15, -0.1) is 0 Å². The predicted molar refractivity (Wildman–Crippen MR) is 98.1 cm³/mol. The van der Waals surface area contributed by atoms with E-state index in [4.69, 9.17) is 14.2 Å². The van der Waals surface area contributed by atoms with Crippen LogP contribution < -0.4 is 0 Å². The maximum atomic E-state index is 6.39. The van der Waals surface area contributed by atoms with Crippen molar-refractivity contribution in [1.29, 1.82) is 0 Å². The second-order valence-electron chi connectivity index (χ2n) is 8.80. The molecule has 1 spiro atoms. The van der Waals surface area contributed by atoms with E-state index in [-0.39, 0.29) is 11.9 Å². The number of hydrogen-bond donors (Lipinski definition) is 0. The van der Waals surface area contributed by atoms with Crippen molar-refractivity contribution in [1.82, 2.24) is 4.90 Å². The van der Waals surface area contributed by atoms with Gasteiger partial charge in [-0.05, 0) is 43.6 Å². The number of hydrogen-bond acceptors (Lipinski definition) is 4. The Kier molecular flexibility index (Phi) is 7.12. The highest BCUT2D eigenvalue weighted by molar-refractivity contribution is 4.91. The summed E-state index contributed by atoms with van der Waals surface area (Å²) in [5, 5.41) is 0. The van der Waals surface area contributed by atoms with E-state index in [1.165, 1.54) is 12.8 Å². The van der Waals surface area contributed by atoms with Gasteiger partial charge in [0.15, 0.2) is 5.79 Å². The lowest BCUT2D eigenvalue weighted by atomic mass is 9.64. The summed E-state index contributed by atoms with van der Waals surface area (Å²) in [5.41, 5.74) is 0.406. The highest BCUT2D eigenvalue weighted by Crippen LogP contribution is 2.48. The van der Waals surface area contributed by atoms with E-state index in [9.17, 15) is 0 Å². The zero-order valence-corrected chi connectivity index (χ0v) is 16.8. The van der Waals surface area contributed by atoms with E-state index in [1.807, 2.05) is 0 Å². The van der Waals surface area contributed by atoms with Crippen molar-refractivity contribution in [3.05, 3.63) is 0 Å². The van der Waals surface area contributed by atoms with Gasteiger partial charge in [-0.3, -0.25) is 0 Å². The van der Waals surface area contributed by atoms with E-state index in [1.54, 1.807) is 7.11 Å². The normalized spacial score (nSPS) is 31.5. The van der Waals surface area contributed by atoms with Crippen LogP contribution in [0.4, 0.5) is 0 Å². The van der Waals surface area contributed by atoms with E-state index in [2.05, 4.69) is 39.6 Å². The van der Waals surface area contributed by atoms with Crippen molar-refractivity contribution in [3.8, 4) is 0 Å². The van der Waals surface area contributed by atoms with E-state index in [0.717, 1.165) is 57.4 Å². The van der Waals surface area contributed by atoms with Crippen LogP contribution in [0.15, 0.2) is 0 Å². The molecule has 2 aliphatic rings. The van der Waals surface area contributed by atoms with Gasteiger partial charge in [-0.2, -0.15) is 0 Å². The second kappa shape index (κ2) is 8.48. The Morgan fingerprint density at radius 2 is 1.88 bits per heavy atom. The third kappa shape index (κ3) is 4.94. The smallest absolute Gasteiger partial charge is 0.168 e. The Bertz CT molecular complexity index is 375. The monoisotopic (exact) mass is 341 g/mol. The lowest BCUT2D eigenvalue weighted by Gasteiger charge is -2.44. The summed E-state index contributed by atoms with van der Waals surface area (Å²) < 4.78 is 17.7. The molecule has 0 aromatic heterocycles. The standard InChI is InChI=1S/C20H39NO3/c1-16(2)19(3,4)17-7-10-20(11-8-17)23-15-18(24-20)9-12-21(5)13-14-22-6/h16-18H,7-15H2,1-6H3. The average Bonchev–Trinajstić information content (AvgIpc) is 2.94. The highest BCUT2D eigenvalue weighted by atomic mass is 16.7. The van der Waals surface area contributed by atoms with Crippen LogP contribution in [0.3, 0.4) is 0 Å². The van der Waals surface area contributed by atoms with Crippen LogP contribution in [0.5, 0.6) is 0 Å². The third-order valence-corrected chi connectivity index (χ3v) is 6.71. The summed E-state index contributed by atoms with van der Waals surface area (Å²) >= 11 is 0. The Labute approximate surface area is 149 Å². The van der Waals surface area contributed by atoms with Crippen molar-refractivity contribution in [2.45, 2.75) is 71.7 Å². The van der Waals surface area contributed by atoms with Gasteiger partial charge in [0.2, 0.25) is 0 Å². The molecule has 142 valence electrons. The Hall–Kier alpha value is -0.160. The fourth-order valence-electron chi connectivity index (χ4n) is 4.02. The van der Waals surface area contributed by atoms with Crippen LogP contribution in [0, 0.1) is 17.3 Å². The first-order valence-corrected chi connectivity index (χ1v) is 9.78. The molecule has 0 radical (unpaired) electrons. The molecule has 1 aliphatic carbocycles. The number of ether oxygens (including phenoxy) is 3. The Morgan fingerprint density at radius 3 is 2.46 bits per heavy atom. The van der Waals surface area contributed by atoms with E-state index >= 15 is 0 Å². The average molecular weight is 342 g/mol. The fraction of sp³-hybridized carbons (Fsp3) is 1.00. The van der Waals surface area contributed by atoms with Crippen LogP contribution in [0.2, 0.25) is 0 Å². The van der Waals surface area contributed by atoms with Crippen LogP contribution >= 0.6 is 0 Å². The predicted octanol–water partition coefficient (Wildman–Crippen LogP) is 3.94. The first-order valence-electron chi connectivity index (χ1n) is 9.78. The molecule has 1 saturated heterocycles. The zero-order chi connectivity index (χ0) is 17.8. The molecule has 2 fully saturated rings. The summed E-state index contributed by atoms with van der Waals surface area (Å²) in [4.78, 5) is 2.31. The molecular weight excluding hydrogens is 302 g/mol.